The predicted octanol–water partition coefficient (Wildman–Crippen LogP) is 2.52. The summed E-state index contributed by atoms with van der Waals surface area (Å²) in [7, 11) is 0. The summed E-state index contributed by atoms with van der Waals surface area (Å²) in [6.07, 6.45) is 2.24. The van der Waals surface area contributed by atoms with Gasteiger partial charge in [-0.15, -0.1) is 0 Å². The summed E-state index contributed by atoms with van der Waals surface area (Å²) in [5, 5.41) is 8.86. The summed E-state index contributed by atoms with van der Waals surface area (Å²) in [6.45, 7) is 4.46. The van der Waals surface area contributed by atoms with Gasteiger partial charge in [0.1, 0.15) is 0 Å². The van der Waals surface area contributed by atoms with E-state index >= 15 is 0 Å². The summed E-state index contributed by atoms with van der Waals surface area (Å²) in [6, 6.07) is 12.2. The van der Waals surface area contributed by atoms with E-state index in [-0.39, 0.29) is 11.9 Å². The molecule has 1 atom stereocenters. The molecule has 0 spiro atoms. The van der Waals surface area contributed by atoms with E-state index in [1.54, 1.807) is 6.92 Å². The molecule has 21 heavy (non-hydrogen) atoms. The molecule has 1 heterocycles. The van der Waals surface area contributed by atoms with Crippen LogP contribution in [0.2, 0.25) is 0 Å². The minimum atomic E-state index is -0.318. The van der Waals surface area contributed by atoms with Crippen molar-refractivity contribution in [1.29, 1.82) is 5.26 Å². The third-order valence-corrected chi connectivity index (χ3v) is 3.68. The normalized spacial score (nSPS) is 21.0. The third kappa shape index (κ3) is 4.17. The van der Waals surface area contributed by atoms with E-state index in [9.17, 15) is 4.79 Å². The van der Waals surface area contributed by atoms with Gasteiger partial charge in [0, 0.05) is 25.7 Å². The van der Waals surface area contributed by atoms with Crippen molar-refractivity contribution in [2.45, 2.75) is 19.9 Å². The van der Waals surface area contributed by atoms with Crippen LogP contribution in [0.1, 0.15) is 18.9 Å². The van der Waals surface area contributed by atoms with Gasteiger partial charge >= 0.3 is 5.97 Å². The number of esters is 1. The summed E-state index contributed by atoms with van der Waals surface area (Å²) in [4.78, 5) is 14.3. The third-order valence-electron chi connectivity index (χ3n) is 3.68. The van der Waals surface area contributed by atoms with E-state index in [2.05, 4.69) is 17.0 Å². The first-order valence-corrected chi connectivity index (χ1v) is 7.26. The first-order chi connectivity index (χ1) is 10.2. The van der Waals surface area contributed by atoms with E-state index < -0.39 is 0 Å². The second-order valence-electron chi connectivity index (χ2n) is 5.12. The number of allylic oxidation sites excluding steroid dienone is 1. The number of rotatable bonds is 4. The number of carbonyl (C=O) groups excluding carboxylic acids is 1. The number of nitriles is 1. The molecule has 1 fully saturated rings. The van der Waals surface area contributed by atoms with Crippen LogP contribution in [0, 0.1) is 17.2 Å². The second kappa shape index (κ2) is 7.61. The lowest BCUT2D eigenvalue weighted by Crippen LogP contribution is -2.40. The predicted molar refractivity (Wildman–Crippen MR) is 80.2 cm³/mol. The molecule has 1 aliphatic heterocycles. The lowest BCUT2D eigenvalue weighted by atomic mass is 9.91. The van der Waals surface area contributed by atoms with Crippen LogP contribution in [0.25, 0.3) is 0 Å². The molecular weight excluding hydrogens is 264 g/mol. The summed E-state index contributed by atoms with van der Waals surface area (Å²) in [5.74, 6) is -0.543. The molecular formula is C17H20N2O2. The summed E-state index contributed by atoms with van der Waals surface area (Å²) >= 11 is 0. The van der Waals surface area contributed by atoms with Gasteiger partial charge < -0.3 is 4.74 Å². The zero-order valence-electron chi connectivity index (χ0n) is 12.3. The smallest absolute Gasteiger partial charge is 0.314 e. The fourth-order valence-electron chi connectivity index (χ4n) is 2.64. The average Bonchev–Trinajstić information content (AvgIpc) is 2.50. The zero-order chi connectivity index (χ0) is 15.1. The van der Waals surface area contributed by atoms with Crippen molar-refractivity contribution in [2.75, 3.05) is 19.7 Å². The molecule has 2 rings (SSSR count). The van der Waals surface area contributed by atoms with Crippen molar-refractivity contribution in [3.05, 3.63) is 47.5 Å². The molecule has 0 amide bonds. The van der Waals surface area contributed by atoms with Gasteiger partial charge in [-0.2, -0.15) is 5.26 Å². The molecule has 4 nitrogen and oxygen atoms in total. The van der Waals surface area contributed by atoms with Crippen molar-refractivity contribution in [1.82, 2.24) is 4.90 Å². The topological polar surface area (TPSA) is 53.3 Å². The lowest BCUT2D eigenvalue weighted by molar-refractivity contribution is -0.147. The molecule has 0 aliphatic carbocycles. The molecule has 1 unspecified atom stereocenters. The fraction of sp³-hybridized carbons (Fsp3) is 0.412. The van der Waals surface area contributed by atoms with Gasteiger partial charge in [-0.25, -0.2) is 0 Å². The molecule has 1 aliphatic rings. The molecule has 1 aromatic rings. The van der Waals surface area contributed by atoms with Crippen LogP contribution < -0.4 is 0 Å². The molecule has 0 N–H and O–H groups in total. The number of hydrogen-bond acceptors (Lipinski definition) is 4. The highest BCUT2D eigenvalue weighted by atomic mass is 16.5. The number of hydrogen-bond donors (Lipinski definition) is 0. The standard InChI is InChI=1S/C17H20N2O2/c1-2-21-17(20)16-13-19(11-9-15(16)8-10-18)12-14-6-4-3-5-7-14/h3-8,16H,2,9,11-13H2,1H3/b15-8+. The van der Waals surface area contributed by atoms with Crippen LogP contribution in [0.4, 0.5) is 0 Å². The second-order valence-corrected chi connectivity index (χ2v) is 5.12. The van der Waals surface area contributed by atoms with Gasteiger partial charge in [0.2, 0.25) is 0 Å². The molecule has 0 aromatic heterocycles. The Labute approximate surface area is 125 Å². The van der Waals surface area contributed by atoms with Crippen LogP contribution in [0.15, 0.2) is 42.0 Å². The number of piperidine rings is 1. The van der Waals surface area contributed by atoms with Gasteiger partial charge in [-0.05, 0) is 24.5 Å². The minimum absolute atomic E-state index is 0.225. The number of carbonyl (C=O) groups is 1. The van der Waals surface area contributed by atoms with Gasteiger partial charge in [-0.1, -0.05) is 30.3 Å². The van der Waals surface area contributed by atoms with Gasteiger partial charge in [0.15, 0.2) is 0 Å². The summed E-state index contributed by atoms with van der Waals surface area (Å²) < 4.78 is 5.14. The maximum atomic E-state index is 12.1. The van der Waals surface area contributed by atoms with Crippen LogP contribution in [0.3, 0.4) is 0 Å². The van der Waals surface area contributed by atoms with Crippen LogP contribution in [0.5, 0.6) is 0 Å². The molecule has 0 saturated carbocycles. The number of ether oxygens (including phenoxy) is 1. The highest BCUT2D eigenvalue weighted by molar-refractivity contribution is 5.76. The molecule has 1 aromatic carbocycles. The Morgan fingerprint density at radius 3 is 2.90 bits per heavy atom. The van der Waals surface area contributed by atoms with Crippen molar-refractivity contribution in [2.24, 2.45) is 5.92 Å². The monoisotopic (exact) mass is 284 g/mol. The first-order valence-electron chi connectivity index (χ1n) is 7.26. The van der Waals surface area contributed by atoms with Gasteiger partial charge in [0.05, 0.1) is 18.6 Å². The molecule has 1 saturated heterocycles. The van der Waals surface area contributed by atoms with Crippen LogP contribution >= 0.6 is 0 Å². The largest absolute Gasteiger partial charge is 0.465 e. The van der Waals surface area contributed by atoms with E-state index in [1.165, 1.54) is 11.6 Å². The number of nitrogens with zero attached hydrogens (tertiary/aromatic N) is 2. The van der Waals surface area contributed by atoms with E-state index in [4.69, 9.17) is 10.00 Å². The van der Waals surface area contributed by atoms with E-state index in [0.717, 1.165) is 25.1 Å². The van der Waals surface area contributed by atoms with Crippen LogP contribution in [-0.2, 0) is 16.1 Å². The summed E-state index contributed by atoms with van der Waals surface area (Å²) in [5.41, 5.74) is 2.12. The SMILES string of the molecule is CCOC(=O)C1CN(Cc2ccccc2)CC/C1=C\C#N. The molecule has 4 heteroatoms. The number of benzene rings is 1. The quantitative estimate of drug-likeness (QED) is 0.630. The van der Waals surface area contributed by atoms with Gasteiger partial charge in [-0.3, -0.25) is 9.69 Å². The van der Waals surface area contributed by atoms with Crippen molar-refractivity contribution in [3.8, 4) is 6.07 Å². The maximum Gasteiger partial charge on any atom is 0.314 e. The van der Waals surface area contributed by atoms with Crippen molar-refractivity contribution in [3.63, 3.8) is 0 Å². The Bertz CT molecular complexity index is 546. The molecule has 0 radical (unpaired) electrons. The maximum absolute atomic E-state index is 12.1. The zero-order valence-corrected chi connectivity index (χ0v) is 12.3. The Balaban J connectivity index is 2.07. The fourth-order valence-corrected chi connectivity index (χ4v) is 2.64. The highest BCUT2D eigenvalue weighted by Gasteiger charge is 2.30. The Hall–Kier alpha value is -2.12. The Morgan fingerprint density at radius 1 is 1.48 bits per heavy atom. The molecule has 0 bridgehead atoms. The van der Waals surface area contributed by atoms with E-state index in [0.29, 0.717) is 13.2 Å². The Morgan fingerprint density at radius 2 is 2.24 bits per heavy atom. The highest BCUT2D eigenvalue weighted by Crippen LogP contribution is 2.25. The molecule has 110 valence electrons. The number of likely N-dealkylation sites (tertiary alicyclic amines) is 1. The first kappa shape index (κ1) is 15.3. The van der Waals surface area contributed by atoms with Gasteiger partial charge in [0.25, 0.3) is 0 Å². The lowest BCUT2D eigenvalue weighted by Gasteiger charge is -2.33. The van der Waals surface area contributed by atoms with Crippen molar-refractivity contribution >= 4 is 5.97 Å². The van der Waals surface area contributed by atoms with Crippen LogP contribution in [-0.4, -0.2) is 30.6 Å². The van der Waals surface area contributed by atoms with E-state index in [1.807, 2.05) is 24.3 Å². The van der Waals surface area contributed by atoms with Crippen molar-refractivity contribution < 1.29 is 9.53 Å². The average molecular weight is 284 g/mol. The Kier molecular flexibility index (Phi) is 5.53. The minimum Gasteiger partial charge on any atom is -0.465 e.